The summed E-state index contributed by atoms with van der Waals surface area (Å²) in [4.78, 5) is 23.3. The van der Waals surface area contributed by atoms with Gasteiger partial charge in [-0.1, -0.05) is 54.6 Å². The van der Waals surface area contributed by atoms with Crippen molar-refractivity contribution >= 4 is 25.3 Å². The minimum atomic E-state index is -1.08. The Bertz CT molecular complexity index is 1020. The van der Waals surface area contributed by atoms with E-state index in [0.717, 1.165) is 5.56 Å². The second-order valence-corrected chi connectivity index (χ2v) is 8.94. The summed E-state index contributed by atoms with van der Waals surface area (Å²) in [6.07, 6.45) is 1.19. The number of benzene rings is 2. The second kappa shape index (κ2) is 10.8. The summed E-state index contributed by atoms with van der Waals surface area (Å²) >= 11 is 0. The van der Waals surface area contributed by atoms with Gasteiger partial charge in [0.2, 0.25) is 0 Å². The van der Waals surface area contributed by atoms with Crippen molar-refractivity contribution in [3.63, 3.8) is 0 Å². The van der Waals surface area contributed by atoms with Crippen molar-refractivity contribution in [2.45, 2.75) is 45.5 Å². The zero-order valence-corrected chi connectivity index (χ0v) is 19.9. The van der Waals surface area contributed by atoms with Crippen LogP contribution in [0.5, 0.6) is 5.75 Å². The highest BCUT2D eigenvalue weighted by molar-refractivity contribution is 6.56. The van der Waals surface area contributed by atoms with E-state index in [2.05, 4.69) is 5.32 Å². The van der Waals surface area contributed by atoms with E-state index in [0.29, 0.717) is 16.8 Å². The van der Waals surface area contributed by atoms with Crippen molar-refractivity contribution in [2.75, 3.05) is 13.2 Å². The quantitative estimate of drug-likeness (QED) is 0.536. The second-order valence-electron chi connectivity index (χ2n) is 8.94. The highest BCUT2D eigenvalue weighted by Gasteiger charge is 2.52. The number of nitrogens with one attached hydrogen (secondary N) is 1. The van der Waals surface area contributed by atoms with Crippen LogP contribution >= 0.6 is 0 Å². The lowest BCUT2D eigenvalue weighted by atomic mass is 9.77. The number of carbonyl (C=O) groups excluding carboxylic acids is 1. The Balaban J connectivity index is 1.78. The van der Waals surface area contributed by atoms with Crippen LogP contribution in [0.25, 0.3) is 6.08 Å². The predicted molar refractivity (Wildman–Crippen MR) is 128 cm³/mol. The van der Waals surface area contributed by atoms with Crippen LogP contribution in [-0.2, 0) is 25.4 Å². The monoisotopic (exact) mass is 467 g/mol. The molecule has 1 heterocycles. The van der Waals surface area contributed by atoms with Gasteiger partial charge in [-0.2, -0.15) is 0 Å². The van der Waals surface area contributed by atoms with Crippen molar-refractivity contribution < 1.29 is 33.5 Å². The number of ether oxygens (including phenoxy) is 2. The molecule has 0 aromatic heterocycles. The zero-order valence-electron chi connectivity index (χ0n) is 19.9. The van der Waals surface area contributed by atoms with E-state index in [1.165, 1.54) is 0 Å². The summed E-state index contributed by atoms with van der Waals surface area (Å²) in [5.41, 5.74) is 0.979. The first-order chi connectivity index (χ1) is 16.1. The molecule has 2 aromatic rings. The lowest BCUT2D eigenvalue weighted by molar-refractivity contribution is -0.139. The van der Waals surface area contributed by atoms with Crippen molar-refractivity contribution in [2.24, 2.45) is 0 Å². The van der Waals surface area contributed by atoms with Crippen LogP contribution < -0.4 is 10.1 Å². The third-order valence-corrected chi connectivity index (χ3v) is 5.82. The molecule has 180 valence electrons. The molecule has 0 aliphatic carbocycles. The maximum absolute atomic E-state index is 12.4. The number of hydrogen-bond donors (Lipinski definition) is 2. The average molecular weight is 467 g/mol. The molecule has 34 heavy (non-hydrogen) atoms. The average Bonchev–Trinajstić information content (AvgIpc) is 3.01. The Hall–Kier alpha value is -3.30. The van der Waals surface area contributed by atoms with Gasteiger partial charge in [-0.25, -0.2) is 9.59 Å². The van der Waals surface area contributed by atoms with Crippen LogP contribution in [0.1, 0.15) is 38.8 Å². The van der Waals surface area contributed by atoms with Crippen LogP contribution in [0.3, 0.4) is 0 Å². The first-order valence-electron chi connectivity index (χ1n) is 11.0. The Morgan fingerprint density at radius 2 is 1.62 bits per heavy atom. The Labute approximate surface area is 200 Å². The predicted octanol–water partition coefficient (Wildman–Crippen LogP) is 4.09. The molecule has 0 saturated carbocycles. The van der Waals surface area contributed by atoms with Gasteiger partial charge in [-0.3, -0.25) is 0 Å². The molecule has 3 rings (SSSR count). The number of para-hydroxylation sites is 1. The van der Waals surface area contributed by atoms with Crippen LogP contribution in [0.4, 0.5) is 4.79 Å². The Morgan fingerprint density at radius 3 is 2.26 bits per heavy atom. The third-order valence-electron chi connectivity index (χ3n) is 5.82. The smallest absolute Gasteiger partial charge is 0.481 e. The molecule has 0 spiro atoms. The van der Waals surface area contributed by atoms with E-state index >= 15 is 0 Å². The van der Waals surface area contributed by atoms with Crippen LogP contribution in [0.2, 0.25) is 0 Å². The van der Waals surface area contributed by atoms with Crippen molar-refractivity contribution in [1.82, 2.24) is 5.32 Å². The van der Waals surface area contributed by atoms with Gasteiger partial charge in [0.15, 0.2) is 6.61 Å². The minimum absolute atomic E-state index is 0.0950. The van der Waals surface area contributed by atoms with Crippen LogP contribution in [-0.4, -0.2) is 48.6 Å². The number of carboxylic acid groups (broad SMARTS) is 1. The summed E-state index contributed by atoms with van der Waals surface area (Å²) in [6, 6.07) is 16.4. The number of carboxylic acids is 1. The molecule has 1 saturated heterocycles. The fraction of sp³-hybridized carbons (Fsp3) is 0.360. The SMILES string of the molecule is CC1(C)OB(C(=Cc2ccccc2OCC(=O)O)CNC(=O)OCc2ccccc2)OC1(C)C. The molecule has 8 nitrogen and oxygen atoms in total. The maximum atomic E-state index is 12.4. The molecule has 0 unspecified atom stereocenters. The Kier molecular flexibility index (Phi) is 8.01. The summed E-state index contributed by atoms with van der Waals surface area (Å²) in [5.74, 6) is -0.682. The number of alkyl carbamates (subject to hydrolysis) is 1. The number of aliphatic carboxylic acids is 1. The summed E-state index contributed by atoms with van der Waals surface area (Å²) in [5, 5.41) is 11.7. The maximum Gasteiger partial charge on any atom is 0.492 e. The van der Waals surface area contributed by atoms with Crippen LogP contribution in [0, 0.1) is 0 Å². The summed E-state index contributed by atoms with van der Waals surface area (Å²) in [6.45, 7) is 7.53. The Morgan fingerprint density at radius 1 is 1.00 bits per heavy atom. The van der Waals surface area contributed by atoms with E-state index in [4.69, 9.17) is 23.9 Å². The largest absolute Gasteiger partial charge is 0.492 e. The molecular formula is C25H30BNO7. The van der Waals surface area contributed by atoms with Crippen LogP contribution in [0.15, 0.2) is 60.1 Å². The van der Waals surface area contributed by atoms with Gasteiger partial charge in [-0.05, 0) is 44.8 Å². The van der Waals surface area contributed by atoms with Crippen molar-refractivity contribution in [1.29, 1.82) is 0 Å². The third kappa shape index (κ3) is 6.62. The molecule has 1 aliphatic rings. The topological polar surface area (TPSA) is 103 Å². The normalized spacial score (nSPS) is 16.7. The lowest BCUT2D eigenvalue weighted by Crippen LogP contribution is -2.41. The van der Waals surface area contributed by atoms with E-state index in [1.807, 2.05) is 64.1 Å². The number of carbonyl (C=O) groups is 2. The first kappa shape index (κ1) is 25.3. The molecule has 0 atom stereocenters. The highest BCUT2D eigenvalue weighted by Crippen LogP contribution is 2.39. The highest BCUT2D eigenvalue weighted by atomic mass is 16.7. The van der Waals surface area contributed by atoms with Gasteiger partial charge in [0, 0.05) is 12.1 Å². The van der Waals surface area contributed by atoms with Gasteiger partial charge >= 0.3 is 19.2 Å². The number of amides is 1. The van der Waals surface area contributed by atoms with Gasteiger partial charge < -0.3 is 29.2 Å². The first-order valence-corrected chi connectivity index (χ1v) is 11.0. The molecule has 2 aromatic carbocycles. The molecule has 0 bridgehead atoms. The van der Waals surface area contributed by atoms with Crippen molar-refractivity contribution in [3.05, 3.63) is 71.2 Å². The summed E-state index contributed by atoms with van der Waals surface area (Å²) in [7, 11) is -0.730. The molecular weight excluding hydrogens is 437 g/mol. The van der Waals surface area contributed by atoms with E-state index < -0.39 is 37.0 Å². The van der Waals surface area contributed by atoms with Gasteiger partial charge in [0.05, 0.1) is 11.2 Å². The minimum Gasteiger partial charge on any atom is -0.481 e. The molecule has 2 N–H and O–H groups in total. The standard InChI is InChI=1S/C25H30BNO7/c1-24(2)25(3,4)34-26(33-24)20(14-19-12-8-9-13-21(19)31-17-22(28)29)15-27-23(30)32-16-18-10-6-5-7-11-18/h5-14H,15-17H2,1-4H3,(H,27,30)(H,28,29). The lowest BCUT2D eigenvalue weighted by Gasteiger charge is -2.32. The molecule has 1 amide bonds. The fourth-order valence-corrected chi connectivity index (χ4v) is 3.22. The summed E-state index contributed by atoms with van der Waals surface area (Å²) < 4.78 is 23.1. The van der Waals surface area contributed by atoms with Gasteiger partial charge in [-0.15, -0.1) is 0 Å². The molecule has 9 heteroatoms. The van der Waals surface area contributed by atoms with Crippen molar-refractivity contribution in [3.8, 4) is 5.75 Å². The number of hydrogen-bond acceptors (Lipinski definition) is 6. The molecule has 1 fully saturated rings. The zero-order chi connectivity index (χ0) is 24.8. The van der Waals surface area contributed by atoms with E-state index in [1.54, 1.807) is 24.3 Å². The van der Waals surface area contributed by atoms with E-state index in [9.17, 15) is 9.59 Å². The fourth-order valence-electron chi connectivity index (χ4n) is 3.22. The number of rotatable bonds is 9. The molecule has 1 aliphatic heterocycles. The molecule has 0 radical (unpaired) electrons. The van der Waals surface area contributed by atoms with E-state index in [-0.39, 0.29) is 13.2 Å². The van der Waals surface area contributed by atoms with Gasteiger partial charge in [0.25, 0.3) is 0 Å². The van der Waals surface area contributed by atoms with Gasteiger partial charge in [0.1, 0.15) is 12.4 Å².